The molecule has 0 saturated heterocycles. The van der Waals surface area contributed by atoms with Gasteiger partial charge in [0.25, 0.3) is 5.91 Å². The first-order valence-corrected chi connectivity index (χ1v) is 10.6. The van der Waals surface area contributed by atoms with E-state index in [0.29, 0.717) is 36.1 Å². The molecule has 8 nitrogen and oxygen atoms in total. The van der Waals surface area contributed by atoms with Crippen molar-refractivity contribution in [3.8, 4) is 5.75 Å². The Hall–Kier alpha value is -2.92. The molecule has 9 heteroatoms. The van der Waals surface area contributed by atoms with Gasteiger partial charge in [0.2, 0.25) is 0 Å². The maximum Gasteiger partial charge on any atom is 0.412 e. The van der Waals surface area contributed by atoms with Gasteiger partial charge < -0.3 is 9.84 Å². The second-order valence-corrected chi connectivity index (χ2v) is 7.91. The Bertz CT molecular complexity index is 959. The fraction of sp³-hybridized carbons (Fsp3) is 0.227. The molecule has 0 saturated carbocycles. The number of phenols is 1. The van der Waals surface area contributed by atoms with Crippen LogP contribution in [0.4, 0.5) is 10.5 Å². The Labute approximate surface area is 193 Å². The summed E-state index contributed by atoms with van der Waals surface area (Å²) >= 11 is 2.10. The number of carbonyl (C=O) groups excluding carboxylic acids is 3. The highest BCUT2D eigenvalue weighted by molar-refractivity contribution is 14.1. The molecule has 0 unspecified atom stereocenters. The summed E-state index contributed by atoms with van der Waals surface area (Å²) in [6, 6.07) is 11.4. The summed E-state index contributed by atoms with van der Waals surface area (Å²) in [4.78, 5) is 34.8. The van der Waals surface area contributed by atoms with Crippen molar-refractivity contribution in [3.63, 3.8) is 0 Å². The number of Topliss-reactive ketones (excluding diaryl/α,β-unsaturated/α-hetero) is 1. The molecule has 2 aromatic rings. The maximum absolute atomic E-state index is 12.4. The van der Waals surface area contributed by atoms with E-state index in [4.69, 9.17) is 9.94 Å². The summed E-state index contributed by atoms with van der Waals surface area (Å²) in [5.41, 5.74) is 2.99. The van der Waals surface area contributed by atoms with Crippen molar-refractivity contribution in [3.05, 3.63) is 69.3 Å². The van der Waals surface area contributed by atoms with E-state index in [0.717, 1.165) is 3.57 Å². The molecule has 31 heavy (non-hydrogen) atoms. The van der Waals surface area contributed by atoms with Crippen molar-refractivity contribution in [2.45, 2.75) is 32.3 Å². The molecule has 0 aliphatic rings. The number of phenolic OH excluding ortho intramolecular Hbond substituents is 1. The third-order valence-electron chi connectivity index (χ3n) is 4.34. The van der Waals surface area contributed by atoms with Gasteiger partial charge in [-0.15, -0.1) is 0 Å². The molecule has 0 bridgehead atoms. The Morgan fingerprint density at radius 2 is 1.87 bits per heavy atom. The van der Waals surface area contributed by atoms with Crippen LogP contribution in [-0.2, 0) is 9.53 Å². The van der Waals surface area contributed by atoms with E-state index < -0.39 is 18.1 Å². The molecule has 0 heterocycles. The number of carbonyl (C=O) groups is 3. The molecular weight excluding hydrogens is 515 g/mol. The molecule has 1 atom stereocenters. The zero-order valence-corrected chi connectivity index (χ0v) is 19.0. The Morgan fingerprint density at radius 1 is 1.16 bits per heavy atom. The highest BCUT2D eigenvalue weighted by Gasteiger charge is 2.20. The van der Waals surface area contributed by atoms with Gasteiger partial charge in [0.05, 0.1) is 0 Å². The van der Waals surface area contributed by atoms with Gasteiger partial charge in [-0.1, -0.05) is 6.08 Å². The van der Waals surface area contributed by atoms with Crippen molar-refractivity contribution in [1.29, 1.82) is 0 Å². The van der Waals surface area contributed by atoms with Crippen molar-refractivity contribution in [2.24, 2.45) is 0 Å². The first kappa shape index (κ1) is 24.4. The zero-order valence-electron chi connectivity index (χ0n) is 16.8. The van der Waals surface area contributed by atoms with Gasteiger partial charge in [0.1, 0.15) is 11.9 Å². The summed E-state index contributed by atoms with van der Waals surface area (Å²) in [5.74, 6) is -0.689. The fourth-order valence-electron chi connectivity index (χ4n) is 2.77. The van der Waals surface area contributed by atoms with Gasteiger partial charge in [0.15, 0.2) is 5.78 Å². The number of anilines is 1. The molecule has 2 aromatic carbocycles. The standard InChI is InChI=1S/C22H23IN2O6/c1-14(26)15-7-10-17(11-8-15)24-22(29)31-20(5-3-2-4-6-21(28)25-30)18-13-16(23)9-12-19(18)27/h4,6-13,20,27,30H,2-3,5H2,1H3,(H,24,29)(H,25,28)/b6-4+/t20-/m1/s1. The number of nitrogens with one attached hydrogen (secondary N) is 2. The summed E-state index contributed by atoms with van der Waals surface area (Å²) < 4.78 is 6.45. The number of benzene rings is 2. The van der Waals surface area contributed by atoms with E-state index in [1.165, 1.54) is 24.5 Å². The van der Waals surface area contributed by atoms with Gasteiger partial charge in [-0.2, -0.15) is 0 Å². The number of hydrogen-bond donors (Lipinski definition) is 4. The van der Waals surface area contributed by atoms with Crippen molar-refractivity contribution in [2.75, 3.05) is 5.32 Å². The molecule has 4 N–H and O–H groups in total. The summed E-state index contributed by atoms with van der Waals surface area (Å²) in [6.07, 6.45) is 2.84. The number of ether oxygens (including phenoxy) is 1. The number of amides is 2. The quantitative estimate of drug-likeness (QED) is 0.0915. The number of rotatable bonds is 9. The highest BCUT2D eigenvalue weighted by Crippen LogP contribution is 2.32. The minimum absolute atomic E-state index is 0.0132. The van der Waals surface area contributed by atoms with E-state index in [1.807, 2.05) is 0 Å². The first-order valence-electron chi connectivity index (χ1n) is 9.47. The van der Waals surface area contributed by atoms with Crippen LogP contribution >= 0.6 is 22.6 Å². The van der Waals surface area contributed by atoms with Crippen LogP contribution < -0.4 is 10.8 Å². The second kappa shape index (κ2) is 12.1. The summed E-state index contributed by atoms with van der Waals surface area (Å²) in [7, 11) is 0. The number of hydrogen-bond acceptors (Lipinski definition) is 6. The number of halogens is 1. The minimum atomic E-state index is -0.716. The monoisotopic (exact) mass is 538 g/mol. The molecule has 2 rings (SSSR count). The molecule has 0 radical (unpaired) electrons. The number of hydroxylamine groups is 1. The van der Waals surface area contributed by atoms with E-state index in [-0.39, 0.29) is 11.5 Å². The predicted molar refractivity (Wildman–Crippen MR) is 123 cm³/mol. The molecule has 0 aromatic heterocycles. The van der Waals surface area contributed by atoms with Crippen molar-refractivity contribution >= 4 is 46.1 Å². The van der Waals surface area contributed by atoms with Gasteiger partial charge >= 0.3 is 6.09 Å². The van der Waals surface area contributed by atoms with E-state index in [2.05, 4.69) is 27.9 Å². The summed E-state index contributed by atoms with van der Waals surface area (Å²) in [6.45, 7) is 1.46. The largest absolute Gasteiger partial charge is 0.508 e. The van der Waals surface area contributed by atoms with E-state index in [9.17, 15) is 19.5 Å². The van der Waals surface area contributed by atoms with Crippen LogP contribution in [0.3, 0.4) is 0 Å². The van der Waals surface area contributed by atoms with Crippen LogP contribution in [0.1, 0.15) is 48.2 Å². The van der Waals surface area contributed by atoms with Crippen molar-refractivity contribution in [1.82, 2.24) is 5.48 Å². The zero-order chi connectivity index (χ0) is 22.8. The number of ketones is 1. The third kappa shape index (κ3) is 8.02. The van der Waals surface area contributed by atoms with Crippen LogP contribution in [-0.4, -0.2) is 28.1 Å². The lowest BCUT2D eigenvalue weighted by atomic mass is 10.0. The van der Waals surface area contributed by atoms with Crippen LogP contribution in [0.15, 0.2) is 54.6 Å². The van der Waals surface area contributed by atoms with Gasteiger partial charge in [0, 0.05) is 26.5 Å². The van der Waals surface area contributed by atoms with E-state index in [1.54, 1.807) is 42.5 Å². The molecule has 0 spiro atoms. The van der Waals surface area contributed by atoms with E-state index >= 15 is 0 Å². The molecular formula is C22H23IN2O6. The van der Waals surface area contributed by atoms with Crippen LogP contribution in [0.2, 0.25) is 0 Å². The Balaban J connectivity index is 2.07. The average molecular weight is 538 g/mol. The fourth-order valence-corrected chi connectivity index (χ4v) is 3.29. The SMILES string of the molecule is CC(=O)c1ccc(NC(=O)O[C@H](CCC/C=C/C(=O)NO)c2cc(I)ccc2O)cc1. The maximum atomic E-state index is 12.4. The van der Waals surface area contributed by atoms with Crippen LogP contribution in [0.25, 0.3) is 0 Å². The second-order valence-electron chi connectivity index (χ2n) is 6.66. The van der Waals surface area contributed by atoms with Crippen molar-refractivity contribution < 1.29 is 29.4 Å². The minimum Gasteiger partial charge on any atom is -0.508 e. The lowest BCUT2D eigenvalue weighted by Gasteiger charge is -2.20. The topological polar surface area (TPSA) is 125 Å². The normalized spacial score (nSPS) is 11.7. The number of unbranched alkanes of at least 4 members (excludes halogenated alkanes) is 1. The van der Waals surface area contributed by atoms with Crippen LogP contribution in [0.5, 0.6) is 5.75 Å². The molecule has 0 fully saturated rings. The predicted octanol–water partition coefficient (Wildman–Crippen LogP) is 4.72. The van der Waals surface area contributed by atoms with Crippen LogP contribution in [0, 0.1) is 3.57 Å². The molecule has 2 amide bonds. The first-order chi connectivity index (χ1) is 14.8. The molecule has 164 valence electrons. The van der Waals surface area contributed by atoms with Gasteiger partial charge in [-0.3, -0.25) is 20.1 Å². The number of allylic oxidation sites excluding steroid dienone is 1. The summed E-state index contributed by atoms with van der Waals surface area (Å²) in [5, 5.41) is 21.4. The molecule has 0 aliphatic carbocycles. The van der Waals surface area contributed by atoms with Gasteiger partial charge in [-0.05, 0) is 91.2 Å². The highest BCUT2D eigenvalue weighted by atomic mass is 127. The Kier molecular flexibility index (Phi) is 9.47. The average Bonchev–Trinajstić information content (AvgIpc) is 2.74. The lowest BCUT2D eigenvalue weighted by molar-refractivity contribution is -0.124. The van der Waals surface area contributed by atoms with Gasteiger partial charge in [-0.25, -0.2) is 10.3 Å². The third-order valence-corrected chi connectivity index (χ3v) is 5.01. The Morgan fingerprint density at radius 3 is 2.52 bits per heavy atom. The lowest BCUT2D eigenvalue weighted by Crippen LogP contribution is -2.18. The molecule has 0 aliphatic heterocycles. The smallest absolute Gasteiger partial charge is 0.412 e. The number of aromatic hydroxyl groups is 1.